The third kappa shape index (κ3) is 19.5. The predicted molar refractivity (Wildman–Crippen MR) is 320 cm³/mol. The number of rotatable bonds is 32. The lowest BCUT2D eigenvalue weighted by Crippen LogP contribution is -2.70. The first-order valence-electron chi connectivity index (χ1n) is 31.6. The SMILES string of the molecule is CC(=O)N[C@H]1C(O)[C@H](O)C(CO)O[C@@H]1O[C@@H]1C(OC=O)O[C@@H](O[C@@H]2C(CO)O[C@H](O[C@@H]3C(OC=O)O[C@@H](OCCNC(=O)c4ccc(CCC[C@@H](O)[C@@H](O)C5O[C@](OP(=O)([O-])OC[C@H]6O[C@@H](n7ccc(N)nc7=O)C(O)[C@H]6O)(C(=O)O)C[C@@H](O)[C@H]5O)cc4)[C@@H](O)C3O)[C@@H](NC(C)=O)C2O)[C@@H](O)C1O. The van der Waals surface area contributed by atoms with Crippen molar-refractivity contribution in [2.75, 3.05) is 38.7 Å². The number of carboxylic acid groups (broad SMARTS) is 1. The number of nitrogens with one attached hydrogen (secondary N) is 3. The third-order valence-corrected chi connectivity index (χ3v) is 18.3. The van der Waals surface area contributed by atoms with E-state index in [-0.39, 0.29) is 50.1 Å². The number of carbonyl (C=O) groups is 6. The van der Waals surface area contributed by atoms with Crippen molar-refractivity contribution < 1.29 is 186 Å². The molecule has 31 atom stereocenters. The number of hydrogen-bond acceptors (Lipinski definition) is 40. The minimum atomic E-state index is -5.91. The van der Waals surface area contributed by atoms with Crippen LogP contribution in [0.4, 0.5) is 5.82 Å². The minimum absolute atomic E-state index is 0.0651. The number of hydrogen-bond donors (Lipinski definition) is 20. The van der Waals surface area contributed by atoms with Gasteiger partial charge < -0.3 is 170 Å². The van der Waals surface area contributed by atoms with E-state index in [1.807, 2.05) is 0 Å². The first-order chi connectivity index (χ1) is 48.7. The fourth-order valence-corrected chi connectivity index (χ4v) is 12.9. The Morgan fingerprint density at radius 3 is 1.82 bits per heavy atom. The van der Waals surface area contributed by atoms with Gasteiger partial charge in [-0.25, -0.2) is 9.59 Å². The number of aliphatic hydroxyl groups is 15. The highest BCUT2D eigenvalue weighted by molar-refractivity contribution is 7.46. The quantitative estimate of drug-likeness (QED) is 0.0184. The molecule has 3 amide bonds. The summed E-state index contributed by atoms with van der Waals surface area (Å²) < 4.78 is 89.6. The summed E-state index contributed by atoms with van der Waals surface area (Å²) in [7, 11) is -5.91. The van der Waals surface area contributed by atoms with E-state index >= 15 is 0 Å². The van der Waals surface area contributed by atoms with Crippen LogP contribution in [0.25, 0.3) is 0 Å². The number of phosphoric acid groups is 1. The second-order valence-corrected chi connectivity index (χ2v) is 25.8. The molecule has 1 aromatic carbocycles. The molecular weight excluding hydrogens is 1420 g/mol. The van der Waals surface area contributed by atoms with Gasteiger partial charge in [0.05, 0.1) is 38.6 Å². The van der Waals surface area contributed by atoms with Crippen molar-refractivity contribution in [1.82, 2.24) is 25.5 Å². The number of aliphatic hydroxyl groups excluding tert-OH is 15. The number of aromatic nitrogens is 2. The van der Waals surface area contributed by atoms with Crippen molar-refractivity contribution in [2.24, 2.45) is 0 Å². The van der Waals surface area contributed by atoms with Gasteiger partial charge in [-0.2, -0.15) is 4.98 Å². The Morgan fingerprint density at radius 1 is 0.699 bits per heavy atom. The monoisotopic (exact) mass is 1510 g/mol. The molecule has 0 radical (unpaired) electrons. The van der Waals surface area contributed by atoms with Gasteiger partial charge in [-0.15, -0.1) is 0 Å². The number of carbonyl (C=O) groups excluding carboxylic acids is 5. The van der Waals surface area contributed by atoms with Crippen LogP contribution in [0.2, 0.25) is 0 Å². The molecule has 0 saturated carbocycles. The lowest BCUT2D eigenvalue weighted by atomic mass is 9.89. The number of aliphatic carboxylic acids is 1. The largest absolute Gasteiger partial charge is 0.756 e. The Bertz CT molecular complexity index is 3280. The van der Waals surface area contributed by atoms with Crippen LogP contribution in [0.1, 0.15) is 55.3 Å². The molecule has 2 aromatic rings. The molecular formula is C57H82N6O39P-. The maximum absolute atomic E-state index is 13.1. The summed E-state index contributed by atoms with van der Waals surface area (Å²) in [5.74, 6) is -8.07. The number of phosphoric ester groups is 1. The van der Waals surface area contributed by atoms with Gasteiger partial charge in [0.2, 0.25) is 24.4 Å². The van der Waals surface area contributed by atoms with Gasteiger partial charge in [0.15, 0.2) is 43.6 Å². The van der Waals surface area contributed by atoms with Gasteiger partial charge in [-0.1, -0.05) is 12.1 Å². The van der Waals surface area contributed by atoms with Gasteiger partial charge in [-0.3, -0.25) is 37.6 Å². The molecule has 0 spiro atoms. The zero-order valence-corrected chi connectivity index (χ0v) is 55.1. The summed E-state index contributed by atoms with van der Waals surface area (Å²) in [6.45, 7) is -2.15. The normalized spacial score (nSPS) is 38.8. The zero-order chi connectivity index (χ0) is 75.7. The summed E-state index contributed by atoms with van der Waals surface area (Å²) in [5.41, 5.74) is 5.14. The van der Waals surface area contributed by atoms with E-state index < -0.39 is 254 Å². The smallest absolute Gasteiger partial charge is 0.364 e. The molecule has 7 heterocycles. The number of aryl methyl sites for hydroxylation is 1. The van der Waals surface area contributed by atoms with Crippen LogP contribution >= 0.6 is 7.82 Å². The molecule has 6 fully saturated rings. The highest BCUT2D eigenvalue weighted by Gasteiger charge is 2.60. The number of amides is 3. The van der Waals surface area contributed by atoms with Gasteiger partial charge in [0, 0.05) is 38.6 Å². The number of carboxylic acids is 1. The molecule has 45 nitrogen and oxygen atoms in total. The number of ether oxygens (including phenoxy) is 12. The third-order valence-electron chi connectivity index (χ3n) is 17.3. The van der Waals surface area contributed by atoms with E-state index in [2.05, 4.69) is 20.9 Å². The first kappa shape index (κ1) is 82.5. The zero-order valence-electron chi connectivity index (χ0n) is 54.2. The Hall–Kier alpha value is -6.17. The van der Waals surface area contributed by atoms with Crippen LogP contribution in [0, 0.1) is 0 Å². The van der Waals surface area contributed by atoms with Crippen LogP contribution in [-0.4, -0.2) is 339 Å². The van der Waals surface area contributed by atoms with E-state index in [9.17, 15) is 125 Å². The molecule has 21 N–H and O–H groups in total. The van der Waals surface area contributed by atoms with Crippen molar-refractivity contribution in [3.63, 3.8) is 0 Å². The molecule has 0 aliphatic carbocycles. The van der Waals surface area contributed by atoms with Crippen molar-refractivity contribution in [3.05, 3.63) is 58.1 Å². The van der Waals surface area contributed by atoms with Gasteiger partial charge in [0.1, 0.15) is 116 Å². The maximum Gasteiger partial charge on any atom is 0.364 e. The Labute approximate surface area is 580 Å². The van der Waals surface area contributed by atoms with Crippen LogP contribution in [-0.2, 0) is 101 Å². The number of anilines is 1. The van der Waals surface area contributed by atoms with Crippen LogP contribution < -0.4 is 32.3 Å². The maximum atomic E-state index is 13.1. The highest BCUT2D eigenvalue weighted by Crippen LogP contribution is 2.49. The predicted octanol–water partition coefficient (Wildman–Crippen LogP) is -12.4. The summed E-state index contributed by atoms with van der Waals surface area (Å²) in [5, 5.41) is 180. The first-order valence-corrected chi connectivity index (χ1v) is 33.1. The molecule has 8 rings (SSSR count). The van der Waals surface area contributed by atoms with Gasteiger partial charge >= 0.3 is 11.7 Å². The molecule has 6 aliphatic heterocycles. The minimum Gasteiger partial charge on any atom is -0.756 e. The van der Waals surface area contributed by atoms with E-state index in [0.29, 0.717) is 5.56 Å². The van der Waals surface area contributed by atoms with Gasteiger partial charge in [0.25, 0.3) is 32.5 Å². The second-order valence-electron chi connectivity index (χ2n) is 24.4. The second kappa shape index (κ2) is 35.9. The molecule has 1 aromatic heterocycles. The summed E-state index contributed by atoms with van der Waals surface area (Å²) >= 11 is 0. The average molecular weight is 1510 g/mol. The van der Waals surface area contributed by atoms with Crippen LogP contribution in [0.5, 0.6) is 0 Å². The number of nitrogens with two attached hydrogens (primary N) is 1. The lowest BCUT2D eigenvalue weighted by molar-refractivity contribution is -0.398. The Balaban J connectivity index is 0.799. The summed E-state index contributed by atoms with van der Waals surface area (Å²) in [6.07, 6.45) is -53.1. The van der Waals surface area contributed by atoms with E-state index in [1.165, 1.54) is 24.3 Å². The van der Waals surface area contributed by atoms with E-state index in [0.717, 1.165) is 30.7 Å². The summed E-state index contributed by atoms with van der Waals surface area (Å²) in [4.78, 5) is 103. The van der Waals surface area contributed by atoms with Crippen molar-refractivity contribution >= 4 is 50.3 Å². The fourth-order valence-electron chi connectivity index (χ4n) is 12.0. The van der Waals surface area contributed by atoms with E-state index in [1.54, 1.807) is 0 Å². The van der Waals surface area contributed by atoms with Crippen molar-refractivity contribution in [3.8, 4) is 0 Å². The number of benzene rings is 1. The van der Waals surface area contributed by atoms with Crippen molar-refractivity contribution in [2.45, 2.75) is 223 Å². The molecule has 6 aliphatic rings. The topological polar surface area (TPSA) is 692 Å². The average Bonchev–Trinajstić information content (AvgIpc) is 1.39. The van der Waals surface area contributed by atoms with Crippen LogP contribution in [0.15, 0.2) is 41.3 Å². The molecule has 11 unspecified atom stereocenters. The Morgan fingerprint density at radius 2 is 1.25 bits per heavy atom. The standard InChI is InChI=1S/C57H83N6O39P/c1-20(68)60-30-36(76)34(74)26(15-64)94-49(30)97-46-39(79)42(82)52(100-54(46)91-19-67)96-43-27(16-65)95-50(31(37(43)77)61-21(2)69)98-45-38(78)41(81)51(99-53(45)90-18-66)89-13-11-59-47(83)23-8-6-22(7-9-23)4-3-5-24(70)32(72)44-33(73)25(71)14-57(101-44,55(84)85)102-103(87,88)92-17-28-35(75)40(80)48(93-28)63-12-10-29(58)62-56(63)86/h6-10,12,18-19,24-28,30-46,48-54,64-65,70-82H,3-5,11,13-17H2,1-2H3,(H,59,83)(H,60,68)(H,61,69)(H,84,85)(H,87,88)(H2,58,62,86)/p-1/t24-,25-,26?,27?,28-,30+,31+,32-,33-,34-,35+,36?,37?,38?,39?,40?,41+,42+,43-,44?,45+,46+,48-,49-,50-,51-,52-,53?,54?,57-/m1/s1. The summed E-state index contributed by atoms with van der Waals surface area (Å²) in [6, 6.07) is 3.61. The molecule has 0 bridgehead atoms. The molecule has 580 valence electrons. The number of nitrogen functional groups attached to an aromatic ring is 1. The van der Waals surface area contributed by atoms with Gasteiger partial charge in [-0.05, 0) is 43.0 Å². The fraction of sp³-hybridized carbons (Fsp3) is 0.719. The number of nitrogens with zero attached hydrogens (tertiary/aromatic N) is 2. The van der Waals surface area contributed by atoms with Crippen LogP contribution in [0.3, 0.4) is 0 Å². The molecule has 6 saturated heterocycles. The van der Waals surface area contributed by atoms with E-state index in [4.69, 9.17) is 71.6 Å². The highest BCUT2D eigenvalue weighted by atomic mass is 31.2. The molecule has 103 heavy (non-hydrogen) atoms. The van der Waals surface area contributed by atoms with Crippen molar-refractivity contribution in [1.29, 1.82) is 0 Å². The lowest BCUT2D eigenvalue weighted by Gasteiger charge is -2.49. The molecule has 46 heteroatoms. The Kier molecular flexibility index (Phi) is 28.8.